The number of nitrogens with zero attached hydrogens (tertiary/aromatic N) is 2. The van der Waals surface area contributed by atoms with E-state index in [9.17, 15) is 29.8 Å². The maximum Gasteiger partial charge on any atom is 0.277 e. The zero-order chi connectivity index (χ0) is 17.9. The Labute approximate surface area is 134 Å². The molecule has 0 atom stereocenters. The fraction of sp³-hybridized carbons (Fsp3) is 0. The lowest BCUT2D eigenvalue weighted by molar-refractivity contribution is -0.394. The molecule has 122 valence electrons. The van der Waals surface area contributed by atoms with E-state index in [2.05, 4.69) is 5.32 Å². The van der Waals surface area contributed by atoms with E-state index in [1.54, 1.807) is 0 Å². The van der Waals surface area contributed by atoms with Crippen molar-refractivity contribution in [2.24, 2.45) is 5.73 Å². The van der Waals surface area contributed by atoms with E-state index >= 15 is 0 Å². The Hall–Kier alpha value is -3.82. The number of anilines is 1. The summed E-state index contributed by atoms with van der Waals surface area (Å²) in [5.41, 5.74) is 4.24. The monoisotopic (exact) mass is 330 g/mol. The van der Waals surface area contributed by atoms with Crippen molar-refractivity contribution < 1.29 is 19.4 Å². The van der Waals surface area contributed by atoms with E-state index < -0.39 is 33.0 Å². The van der Waals surface area contributed by atoms with Crippen LogP contribution in [0.3, 0.4) is 0 Å². The minimum atomic E-state index is -0.828. The Balaban J connectivity index is 2.30. The van der Waals surface area contributed by atoms with Crippen LogP contribution in [0, 0.1) is 20.2 Å². The highest BCUT2D eigenvalue weighted by Crippen LogP contribution is 2.23. The second-order valence-electron chi connectivity index (χ2n) is 4.65. The van der Waals surface area contributed by atoms with Crippen LogP contribution in [0.15, 0.2) is 42.5 Å². The maximum absolute atomic E-state index is 12.1. The molecule has 0 saturated carbocycles. The molecule has 24 heavy (non-hydrogen) atoms. The molecule has 0 heterocycles. The highest BCUT2D eigenvalue weighted by molar-refractivity contribution is 6.05. The molecular weight excluding hydrogens is 320 g/mol. The summed E-state index contributed by atoms with van der Waals surface area (Å²) in [5, 5.41) is 24.1. The SMILES string of the molecule is NC(=O)c1ccc(NC(=O)c2cc([N+](=O)[O-])cc([N+](=O)[O-])c2)cc1. The van der Waals surface area contributed by atoms with Gasteiger partial charge in [0.2, 0.25) is 5.91 Å². The van der Waals surface area contributed by atoms with Crippen molar-refractivity contribution in [3.63, 3.8) is 0 Å². The van der Waals surface area contributed by atoms with Crippen molar-refractivity contribution in [3.8, 4) is 0 Å². The van der Waals surface area contributed by atoms with Crippen LogP contribution in [0.4, 0.5) is 17.1 Å². The third-order valence-electron chi connectivity index (χ3n) is 3.01. The van der Waals surface area contributed by atoms with E-state index in [4.69, 9.17) is 5.73 Å². The van der Waals surface area contributed by atoms with E-state index in [1.165, 1.54) is 24.3 Å². The molecule has 0 unspecified atom stereocenters. The molecule has 2 rings (SSSR count). The Kier molecular flexibility index (Phi) is 4.50. The zero-order valence-electron chi connectivity index (χ0n) is 12.0. The standard InChI is InChI=1S/C14H10N4O6/c15-13(19)8-1-3-10(4-2-8)16-14(20)9-5-11(17(21)22)7-12(6-9)18(23)24/h1-7H,(H2,15,19)(H,16,20). The van der Waals surface area contributed by atoms with Gasteiger partial charge < -0.3 is 11.1 Å². The van der Waals surface area contributed by atoms with Gasteiger partial charge in [0.05, 0.1) is 21.5 Å². The summed E-state index contributed by atoms with van der Waals surface area (Å²) in [6.45, 7) is 0. The van der Waals surface area contributed by atoms with Gasteiger partial charge in [-0.2, -0.15) is 0 Å². The van der Waals surface area contributed by atoms with Crippen molar-refractivity contribution in [1.82, 2.24) is 0 Å². The number of primary amides is 1. The molecule has 0 spiro atoms. The smallest absolute Gasteiger partial charge is 0.277 e. The van der Waals surface area contributed by atoms with Crippen molar-refractivity contribution >= 4 is 28.9 Å². The van der Waals surface area contributed by atoms with E-state index in [1.807, 2.05) is 0 Å². The van der Waals surface area contributed by atoms with Gasteiger partial charge in [-0.3, -0.25) is 29.8 Å². The molecule has 10 heteroatoms. The number of nitro groups is 2. The second-order valence-corrected chi connectivity index (χ2v) is 4.65. The summed E-state index contributed by atoms with van der Waals surface area (Å²) < 4.78 is 0. The van der Waals surface area contributed by atoms with Crippen molar-refractivity contribution in [2.75, 3.05) is 5.32 Å². The Morgan fingerprint density at radius 3 is 1.79 bits per heavy atom. The number of carbonyl (C=O) groups is 2. The minimum absolute atomic E-state index is 0.235. The van der Waals surface area contributed by atoms with E-state index in [0.717, 1.165) is 18.2 Å². The normalized spacial score (nSPS) is 10.0. The second kappa shape index (κ2) is 6.52. The Morgan fingerprint density at radius 1 is 0.875 bits per heavy atom. The molecule has 10 nitrogen and oxygen atoms in total. The average molecular weight is 330 g/mol. The molecule has 0 aliphatic heterocycles. The number of rotatable bonds is 5. The molecule has 3 N–H and O–H groups in total. The lowest BCUT2D eigenvalue weighted by Gasteiger charge is -2.06. The molecule has 0 bridgehead atoms. The molecular formula is C14H10N4O6. The van der Waals surface area contributed by atoms with Gasteiger partial charge >= 0.3 is 0 Å². The summed E-state index contributed by atoms with van der Waals surface area (Å²) in [6.07, 6.45) is 0. The first kappa shape index (κ1) is 16.5. The number of nitro benzene ring substituents is 2. The number of nitrogens with one attached hydrogen (secondary N) is 1. The Bertz CT molecular complexity index is 815. The van der Waals surface area contributed by atoms with Crippen LogP contribution < -0.4 is 11.1 Å². The summed E-state index contributed by atoms with van der Waals surface area (Å²) in [7, 11) is 0. The summed E-state index contributed by atoms with van der Waals surface area (Å²) in [5.74, 6) is -1.41. The summed E-state index contributed by atoms with van der Waals surface area (Å²) in [4.78, 5) is 43.1. The number of carbonyl (C=O) groups excluding carboxylic acids is 2. The van der Waals surface area contributed by atoms with Gasteiger partial charge in [-0.05, 0) is 24.3 Å². The van der Waals surface area contributed by atoms with E-state index in [0.29, 0.717) is 5.69 Å². The van der Waals surface area contributed by atoms with Gasteiger partial charge in [0.25, 0.3) is 17.3 Å². The van der Waals surface area contributed by atoms with Gasteiger partial charge in [-0.15, -0.1) is 0 Å². The molecule has 0 aromatic heterocycles. The van der Waals surface area contributed by atoms with Crippen molar-refractivity contribution in [2.45, 2.75) is 0 Å². The zero-order valence-corrected chi connectivity index (χ0v) is 12.0. The summed E-state index contributed by atoms with van der Waals surface area (Å²) >= 11 is 0. The first-order valence-corrected chi connectivity index (χ1v) is 6.43. The number of non-ortho nitro benzene ring substituents is 2. The quantitative estimate of drug-likeness (QED) is 0.628. The molecule has 0 saturated heterocycles. The first-order valence-electron chi connectivity index (χ1n) is 6.43. The van der Waals surface area contributed by atoms with Crippen LogP contribution in [0.5, 0.6) is 0 Å². The molecule has 2 aromatic carbocycles. The number of hydrogen-bond donors (Lipinski definition) is 2. The number of hydrogen-bond acceptors (Lipinski definition) is 6. The largest absolute Gasteiger partial charge is 0.366 e. The summed E-state index contributed by atoms with van der Waals surface area (Å²) in [6, 6.07) is 8.20. The predicted octanol–water partition coefficient (Wildman–Crippen LogP) is 1.85. The highest BCUT2D eigenvalue weighted by Gasteiger charge is 2.20. The van der Waals surface area contributed by atoms with Gasteiger partial charge in [0.15, 0.2) is 0 Å². The fourth-order valence-electron chi connectivity index (χ4n) is 1.86. The van der Waals surface area contributed by atoms with Gasteiger partial charge in [-0.1, -0.05) is 0 Å². The van der Waals surface area contributed by atoms with Gasteiger partial charge in [0.1, 0.15) is 0 Å². The third-order valence-corrected chi connectivity index (χ3v) is 3.01. The lowest BCUT2D eigenvalue weighted by atomic mass is 10.1. The highest BCUT2D eigenvalue weighted by atomic mass is 16.6. The molecule has 2 aromatic rings. The number of benzene rings is 2. The van der Waals surface area contributed by atoms with Gasteiger partial charge in [-0.25, -0.2) is 0 Å². The minimum Gasteiger partial charge on any atom is -0.366 e. The molecule has 0 aliphatic carbocycles. The lowest BCUT2D eigenvalue weighted by Crippen LogP contribution is -2.14. The fourth-order valence-corrected chi connectivity index (χ4v) is 1.86. The van der Waals surface area contributed by atoms with Crippen LogP contribution in [-0.2, 0) is 0 Å². The number of amides is 2. The van der Waals surface area contributed by atoms with Crippen LogP contribution in [0.2, 0.25) is 0 Å². The third kappa shape index (κ3) is 3.68. The van der Waals surface area contributed by atoms with Crippen LogP contribution in [0.25, 0.3) is 0 Å². The van der Waals surface area contributed by atoms with Gasteiger partial charge in [0, 0.05) is 23.4 Å². The molecule has 0 aliphatic rings. The maximum atomic E-state index is 12.1. The molecule has 2 amide bonds. The van der Waals surface area contributed by atoms with Crippen LogP contribution >= 0.6 is 0 Å². The van der Waals surface area contributed by atoms with E-state index in [-0.39, 0.29) is 11.1 Å². The van der Waals surface area contributed by atoms with Crippen LogP contribution in [0.1, 0.15) is 20.7 Å². The Morgan fingerprint density at radius 2 is 1.38 bits per heavy atom. The van der Waals surface area contributed by atoms with Crippen molar-refractivity contribution in [1.29, 1.82) is 0 Å². The topological polar surface area (TPSA) is 158 Å². The molecule has 0 fully saturated rings. The van der Waals surface area contributed by atoms with Crippen molar-refractivity contribution in [3.05, 3.63) is 73.8 Å². The average Bonchev–Trinajstić information content (AvgIpc) is 2.54. The predicted molar refractivity (Wildman–Crippen MR) is 82.7 cm³/mol. The first-order chi connectivity index (χ1) is 11.3. The van der Waals surface area contributed by atoms with Crippen LogP contribution in [-0.4, -0.2) is 21.7 Å². The molecule has 0 radical (unpaired) electrons. The number of nitrogens with two attached hydrogens (primary N) is 1.